The summed E-state index contributed by atoms with van der Waals surface area (Å²) in [5.74, 6) is 0.983. The van der Waals surface area contributed by atoms with Crippen molar-refractivity contribution in [3.8, 4) is 5.75 Å². The molecule has 1 aliphatic heterocycles. The Morgan fingerprint density at radius 2 is 2.18 bits per heavy atom. The van der Waals surface area contributed by atoms with Crippen LogP contribution in [0, 0.1) is 0 Å². The van der Waals surface area contributed by atoms with Gasteiger partial charge in [0.05, 0.1) is 12.3 Å². The third-order valence-corrected chi connectivity index (χ3v) is 3.40. The fraction of sp³-hybridized carbons (Fsp3) is 0.571. The minimum Gasteiger partial charge on any atom is -0.491 e. The van der Waals surface area contributed by atoms with Crippen molar-refractivity contribution in [1.29, 1.82) is 0 Å². The predicted octanol–water partition coefficient (Wildman–Crippen LogP) is 2.40. The van der Waals surface area contributed by atoms with Crippen molar-refractivity contribution in [2.24, 2.45) is 5.73 Å². The van der Waals surface area contributed by atoms with Crippen molar-refractivity contribution in [2.75, 3.05) is 24.6 Å². The molecular weight excluding hydrogens is 212 g/mol. The molecule has 0 amide bonds. The molecule has 3 nitrogen and oxygen atoms in total. The quantitative estimate of drug-likeness (QED) is 0.872. The minimum absolute atomic E-state index is 0.141. The van der Waals surface area contributed by atoms with Crippen LogP contribution in [0.15, 0.2) is 24.3 Å². The molecule has 1 aromatic carbocycles. The summed E-state index contributed by atoms with van der Waals surface area (Å²) in [5, 5.41) is 0. The molecule has 2 N–H and O–H groups in total. The summed E-state index contributed by atoms with van der Waals surface area (Å²) >= 11 is 0. The van der Waals surface area contributed by atoms with Crippen LogP contribution in [0.25, 0.3) is 0 Å². The Hall–Kier alpha value is -1.22. The normalized spacial score (nSPS) is 18.9. The van der Waals surface area contributed by atoms with Gasteiger partial charge >= 0.3 is 0 Å². The second kappa shape index (κ2) is 4.96. The lowest BCUT2D eigenvalue weighted by Gasteiger charge is -2.32. The molecule has 0 aromatic heterocycles. The van der Waals surface area contributed by atoms with Crippen molar-refractivity contribution in [1.82, 2.24) is 0 Å². The lowest BCUT2D eigenvalue weighted by atomic mass is 9.99. The van der Waals surface area contributed by atoms with Crippen LogP contribution in [0.4, 0.5) is 5.69 Å². The molecule has 0 radical (unpaired) electrons. The smallest absolute Gasteiger partial charge is 0.142 e. The molecule has 1 aliphatic rings. The van der Waals surface area contributed by atoms with E-state index < -0.39 is 0 Å². The Bertz CT molecular complexity index is 376. The van der Waals surface area contributed by atoms with Crippen LogP contribution >= 0.6 is 0 Å². The minimum atomic E-state index is -0.141. The molecule has 0 saturated heterocycles. The van der Waals surface area contributed by atoms with Gasteiger partial charge in [0.15, 0.2) is 0 Å². The van der Waals surface area contributed by atoms with Gasteiger partial charge in [0.2, 0.25) is 0 Å². The van der Waals surface area contributed by atoms with E-state index in [0.717, 1.165) is 38.3 Å². The average Bonchev–Trinajstić information content (AvgIpc) is 2.52. The third kappa shape index (κ3) is 2.91. The number of para-hydroxylation sites is 2. The van der Waals surface area contributed by atoms with Gasteiger partial charge < -0.3 is 15.4 Å². The van der Waals surface area contributed by atoms with E-state index >= 15 is 0 Å². The first-order valence-corrected chi connectivity index (χ1v) is 6.38. The summed E-state index contributed by atoms with van der Waals surface area (Å²) in [6.07, 6.45) is 2.03. The van der Waals surface area contributed by atoms with E-state index in [0.29, 0.717) is 0 Å². The Kier molecular flexibility index (Phi) is 3.57. The molecule has 2 rings (SSSR count). The first-order chi connectivity index (χ1) is 8.12. The monoisotopic (exact) mass is 234 g/mol. The summed E-state index contributed by atoms with van der Waals surface area (Å²) in [6.45, 7) is 6.94. The van der Waals surface area contributed by atoms with E-state index in [2.05, 4.69) is 30.9 Å². The van der Waals surface area contributed by atoms with E-state index in [-0.39, 0.29) is 5.54 Å². The predicted molar refractivity (Wildman–Crippen MR) is 71.7 cm³/mol. The number of ether oxygens (including phenoxy) is 1. The standard InChI is InChI=1S/C14H22N2O/c1-3-14(2,15)11-16-9-6-10-17-13-8-5-4-7-12(13)16/h4-5,7-8H,3,6,9-11,15H2,1-2H3. The Balaban J connectivity index is 2.23. The molecule has 0 fully saturated rings. The highest BCUT2D eigenvalue weighted by Gasteiger charge is 2.23. The Labute approximate surface area is 104 Å². The number of hydrogen-bond donors (Lipinski definition) is 1. The van der Waals surface area contributed by atoms with E-state index in [1.165, 1.54) is 5.69 Å². The van der Waals surface area contributed by atoms with Gasteiger partial charge in [0, 0.05) is 18.6 Å². The van der Waals surface area contributed by atoms with E-state index in [4.69, 9.17) is 10.5 Å². The van der Waals surface area contributed by atoms with Gasteiger partial charge in [-0.15, -0.1) is 0 Å². The van der Waals surface area contributed by atoms with Gasteiger partial charge in [-0.25, -0.2) is 0 Å². The first kappa shape index (κ1) is 12.2. The summed E-state index contributed by atoms with van der Waals surface area (Å²) in [6, 6.07) is 8.23. The Morgan fingerprint density at radius 3 is 2.94 bits per heavy atom. The zero-order valence-electron chi connectivity index (χ0n) is 10.8. The number of hydrogen-bond acceptors (Lipinski definition) is 3. The van der Waals surface area contributed by atoms with Gasteiger partial charge in [-0.1, -0.05) is 19.1 Å². The number of nitrogens with zero attached hydrogens (tertiary/aromatic N) is 1. The molecule has 3 heteroatoms. The highest BCUT2D eigenvalue weighted by Crippen LogP contribution is 2.31. The molecule has 0 bridgehead atoms. The van der Waals surface area contributed by atoms with Crippen LogP contribution < -0.4 is 15.4 Å². The van der Waals surface area contributed by atoms with E-state index in [9.17, 15) is 0 Å². The van der Waals surface area contributed by atoms with E-state index in [1.54, 1.807) is 0 Å². The second-order valence-electron chi connectivity index (χ2n) is 5.10. The molecular formula is C14H22N2O. The average molecular weight is 234 g/mol. The van der Waals surface area contributed by atoms with E-state index in [1.807, 2.05) is 12.1 Å². The third-order valence-electron chi connectivity index (χ3n) is 3.40. The maximum Gasteiger partial charge on any atom is 0.142 e. The highest BCUT2D eigenvalue weighted by atomic mass is 16.5. The Morgan fingerprint density at radius 1 is 1.41 bits per heavy atom. The highest BCUT2D eigenvalue weighted by molar-refractivity contribution is 5.59. The fourth-order valence-corrected chi connectivity index (χ4v) is 2.11. The topological polar surface area (TPSA) is 38.5 Å². The molecule has 0 saturated carbocycles. The molecule has 1 unspecified atom stereocenters. The van der Waals surface area contributed by atoms with Crippen LogP contribution in [0.5, 0.6) is 5.75 Å². The van der Waals surface area contributed by atoms with Gasteiger partial charge in [-0.3, -0.25) is 0 Å². The number of fused-ring (bicyclic) bond motifs is 1. The molecule has 17 heavy (non-hydrogen) atoms. The van der Waals surface area contributed by atoms with Crippen molar-refractivity contribution in [3.63, 3.8) is 0 Å². The summed E-state index contributed by atoms with van der Waals surface area (Å²) < 4.78 is 5.74. The van der Waals surface area contributed by atoms with Crippen LogP contribution in [0.1, 0.15) is 26.7 Å². The second-order valence-corrected chi connectivity index (χ2v) is 5.10. The maximum absolute atomic E-state index is 6.27. The molecule has 1 atom stereocenters. The van der Waals surface area contributed by atoms with Crippen LogP contribution in [0.3, 0.4) is 0 Å². The van der Waals surface area contributed by atoms with Gasteiger partial charge in [0.25, 0.3) is 0 Å². The van der Waals surface area contributed by atoms with Crippen LogP contribution in [-0.2, 0) is 0 Å². The van der Waals surface area contributed by atoms with Crippen molar-refractivity contribution < 1.29 is 4.74 Å². The zero-order valence-corrected chi connectivity index (χ0v) is 10.8. The lowest BCUT2D eigenvalue weighted by Crippen LogP contribution is -2.47. The molecule has 94 valence electrons. The fourth-order valence-electron chi connectivity index (χ4n) is 2.11. The molecule has 0 aliphatic carbocycles. The first-order valence-electron chi connectivity index (χ1n) is 6.38. The van der Waals surface area contributed by atoms with Crippen LogP contribution in [-0.4, -0.2) is 25.2 Å². The zero-order chi connectivity index (χ0) is 12.3. The number of rotatable bonds is 3. The molecule has 0 spiro atoms. The summed E-state index contributed by atoms with van der Waals surface area (Å²) in [4.78, 5) is 2.35. The van der Waals surface area contributed by atoms with Crippen molar-refractivity contribution >= 4 is 5.69 Å². The summed E-state index contributed by atoms with van der Waals surface area (Å²) in [7, 11) is 0. The van der Waals surface area contributed by atoms with Gasteiger partial charge in [-0.05, 0) is 31.9 Å². The van der Waals surface area contributed by atoms with Crippen LogP contribution in [0.2, 0.25) is 0 Å². The number of nitrogens with two attached hydrogens (primary N) is 1. The maximum atomic E-state index is 6.27. The summed E-state index contributed by atoms with van der Waals surface area (Å²) in [5.41, 5.74) is 7.31. The van der Waals surface area contributed by atoms with Crippen molar-refractivity contribution in [3.05, 3.63) is 24.3 Å². The lowest BCUT2D eigenvalue weighted by molar-refractivity contribution is 0.322. The largest absolute Gasteiger partial charge is 0.491 e. The number of anilines is 1. The molecule has 1 heterocycles. The number of benzene rings is 1. The van der Waals surface area contributed by atoms with Gasteiger partial charge in [-0.2, -0.15) is 0 Å². The SMILES string of the molecule is CCC(C)(N)CN1CCCOc2ccccc21. The van der Waals surface area contributed by atoms with Gasteiger partial charge in [0.1, 0.15) is 5.75 Å². The van der Waals surface area contributed by atoms with Crippen molar-refractivity contribution in [2.45, 2.75) is 32.2 Å². The molecule has 1 aromatic rings.